The molecule has 1 aliphatic rings. The van der Waals surface area contributed by atoms with E-state index in [2.05, 4.69) is 49.9 Å². The van der Waals surface area contributed by atoms with Crippen molar-refractivity contribution in [3.63, 3.8) is 0 Å². The molecular formula is C17H28N2. The Hall–Kier alpha value is -0.860. The number of aryl methyl sites for hydroxylation is 1. The molecule has 1 aromatic carbocycles. The first-order valence-corrected chi connectivity index (χ1v) is 7.65. The van der Waals surface area contributed by atoms with Crippen LogP contribution < -0.4 is 5.73 Å². The average molecular weight is 260 g/mol. The molecule has 1 fully saturated rings. The van der Waals surface area contributed by atoms with E-state index in [9.17, 15) is 0 Å². The maximum absolute atomic E-state index is 6.55. The van der Waals surface area contributed by atoms with Gasteiger partial charge in [0.2, 0.25) is 0 Å². The molecule has 1 saturated heterocycles. The highest BCUT2D eigenvalue weighted by atomic mass is 15.2. The van der Waals surface area contributed by atoms with Crippen molar-refractivity contribution in [3.05, 3.63) is 35.4 Å². The van der Waals surface area contributed by atoms with E-state index in [4.69, 9.17) is 5.73 Å². The van der Waals surface area contributed by atoms with Gasteiger partial charge in [0.15, 0.2) is 0 Å². The molecule has 2 heteroatoms. The van der Waals surface area contributed by atoms with Gasteiger partial charge in [0.05, 0.1) is 0 Å². The van der Waals surface area contributed by atoms with Gasteiger partial charge in [0, 0.05) is 11.6 Å². The second kappa shape index (κ2) is 6.06. The Bertz CT molecular complexity index is 388. The first-order valence-electron chi connectivity index (χ1n) is 7.65. The van der Waals surface area contributed by atoms with Crippen molar-refractivity contribution >= 4 is 0 Å². The van der Waals surface area contributed by atoms with Gasteiger partial charge in [-0.05, 0) is 57.3 Å². The van der Waals surface area contributed by atoms with Gasteiger partial charge < -0.3 is 5.73 Å². The molecule has 1 aromatic rings. The molecule has 2 N–H and O–H groups in total. The number of rotatable bonds is 4. The minimum absolute atomic E-state index is 0.0359. The molecule has 0 bridgehead atoms. The van der Waals surface area contributed by atoms with Gasteiger partial charge in [-0.25, -0.2) is 0 Å². The Labute approximate surface area is 118 Å². The third-order valence-electron chi connectivity index (χ3n) is 4.68. The monoisotopic (exact) mass is 260 g/mol. The molecule has 1 atom stereocenters. The van der Waals surface area contributed by atoms with Crippen LogP contribution in [-0.4, -0.2) is 23.5 Å². The summed E-state index contributed by atoms with van der Waals surface area (Å²) in [5.74, 6) is 0. The Morgan fingerprint density at radius 2 is 1.68 bits per heavy atom. The van der Waals surface area contributed by atoms with Gasteiger partial charge in [0.25, 0.3) is 0 Å². The van der Waals surface area contributed by atoms with Gasteiger partial charge in [-0.15, -0.1) is 0 Å². The molecule has 0 aromatic heterocycles. The van der Waals surface area contributed by atoms with Gasteiger partial charge in [-0.1, -0.05) is 37.6 Å². The lowest BCUT2D eigenvalue weighted by molar-refractivity contribution is 0.0730. The van der Waals surface area contributed by atoms with Crippen LogP contribution in [0.15, 0.2) is 24.3 Å². The van der Waals surface area contributed by atoms with E-state index in [0.29, 0.717) is 0 Å². The van der Waals surface area contributed by atoms with Crippen LogP contribution in [0.2, 0.25) is 0 Å². The number of hydrogen-bond donors (Lipinski definition) is 1. The Morgan fingerprint density at radius 1 is 1.11 bits per heavy atom. The summed E-state index contributed by atoms with van der Waals surface area (Å²) >= 11 is 0. The molecule has 106 valence electrons. The zero-order valence-corrected chi connectivity index (χ0v) is 12.7. The SMILES string of the molecule is CCc1ccc(C(N)C(C)(C)N2CCCCC2)cc1. The molecule has 2 rings (SSSR count). The van der Waals surface area contributed by atoms with Crippen LogP contribution in [0.1, 0.15) is 57.2 Å². The first-order chi connectivity index (χ1) is 9.05. The van der Waals surface area contributed by atoms with Crippen LogP contribution in [-0.2, 0) is 6.42 Å². The van der Waals surface area contributed by atoms with E-state index in [0.717, 1.165) is 6.42 Å². The van der Waals surface area contributed by atoms with Crippen LogP contribution in [0.4, 0.5) is 0 Å². The lowest BCUT2D eigenvalue weighted by Crippen LogP contribution is -2.53. The molecule has 0 spiro atoms. The molecule has 0 saturated carbocycles. The van der Waals surface area contributed by atoms with Crippen molar-refractivity contribution in [3.8, 4) is 0 Å². The van der Waals surface area contributed by atoms with Crippen LogP contribution in [0.5, 0.6) is 0 Å². The molecule has 1 aliphatic heterocycles. The van der Waals surface area contributed by atoms with Crippen LogP contribution in [0.25, 0.3) is 0 Å². The van der Waals surface area contributed by atoms with E-state index in [1.807, 2.05) is 0 Å². The number of nitrogens with zero attached hydrogens (tertiary/aromatic N) is 1. The smallest absolute Gasteiger partial charge is 0.0476 e. The molecule has 19 heavy (non-hydrogen) atoms. The predicted molar refractivity (Wildman–Crippen MR) is 82.3 cm³/mol. The summed E-state index contributed by atoms with van der Waals surface area (Å²) in [6.45, 7) is 9.14. The van der Waals surface area contributed by atoms with Crippen LogP contribution >= 0.6 is 0 Å². The lowest BCUT2D eigenvalue weighted by Gasteiger charge is -2.44. The van der Waals surface area contributed by atoms with E-state index < -0.39 is 0 Å². The summed E-state index contributed by atoms with van der Waals surface area (Å²) in [6.07, 6.45) is 5.08. The number of nitrogens with two attached hydrogens (primary N) is 1. The van der Waals surface area contributed by atoms with Crippen molar-refractivity contribution in [2.24, 2.45) is 5.73 Å². The average Bonchev–Trinajstić information content (AvgIpc) is 2.47. The number of hydrogen-bond acceptors (Lipinski definition) is 2. The standard InChI is InChI=1S/C17H28N2/c1-4-14-8-10-15(11-9-14)16(18)17(2,3)19-12-6-5-7-13-19/h8-11,16H,4-7,12-13,18H2,1-3H3. The molecule has 1 heterocycles. The van der Waals surface area contributed by atoms with Crippen LogP contribution in [0.3, 0.4) is 0 Å². The fraction of sp³-hybridized carbons (Fsp3) is 0.647. The topological polar surface area (TPSA) is 29.3 Å². The summed E-state index contributed by atoms with van der Waals surface area (Å²) in [5.41, 5.74) is 9.23. The molecular weight excluding hydrogens is 232 g/mol. The lowest BCUT2D eigenvalue weighted by atomic mass is 9.86. The third-order valence-corrected chi connectivity index (χ3v) is 4.68. The van der Waals surface area contributed by atoms with Crippen molar-refractivity contribution in [1.29, 1.82) is 0 Å². The van der Waals surface area contributed by atoms with E-state index in [-0.39, 0.29) is 11.6 Å². The molecule has 0 aliphatic carbocycles. The number of benzene rings is 1. The quantitative estimate of drug-likeness (QED) is 0.897. The minimum atomic E-state index is 0.0359. The highest BCUT2D eigenvalue weighted by molar-refractivity contribution is 5.27. The fourth-order valence-corrected chi connectivity index (χ4v) is 3.04. The van der Waals surface area contributed by atoms with Crippen molar-refractivity contribution in [2.45, 2.75) is 58.0 Å². The first kappa shape index (κ1) is 14.5. The Balaban J connectivity index is 2.13. The maximum Gasteiger partial charge on any atom is 0.0476 e. The Kier molecular flexibility index (Phi) is 4.64. The summed E-state index contributed by atoms with van der Waals surface area (Å²) in [6, 6.07) is 8.91. The minimum Gasteiger partial charge on any atom is -0.322 e. The van der Waals surface area contributed by atoms with Crippen LogP contribution in [0, 0.1) is 0 Å². The van der Waals surface area contributed by atoms with Gasteiger partial charge in [-0.2, -0.15) is 0 Å². The molecule has 0 radical (unpaired) electrons. The third kappa shape index (κ3) is 3.18. The fourth-order valence-electron chi connectivity index (χ4n) is 3.04. The van der Waals surface area contributed by atoms with E-state index >= 15 is 0 Å². The highest BCUT2D eigenvalue weighted by Gasteiger charge is 2.34. The van der Waals surface area contributed by atoms with E-state index in [1.165, 1.54) is 43.5 Å². The molecule has 0 amide bonds. The van der Waals surface area contributed by atoms with Gasteiger partial charge >= 0.3 is 0 Å². The van der Waals surface area contributed by atoms with E-state index in [1.54, 1.807) is 0 Å². The number of likely N-dealkylation sites (tertiary alicyclic amines) is 1. The maximum atomic E-state index is 6.55. The zero-order chi connectivity index (χ0) is 13.9. The summed E-state index contributed by atoms with van der Waals surface area (Å²) in [4.78, 5) is 2.56. The largest absolute Gasteiger partial charge is 0.322 e. The van der Waals surface area contributed by atoms with Crippen molar-refractivity contribution in [2.75, 3.05) is 13.1 Å². The normalized spacial score (nSPS) is 19.4. The Morgan fingerprint density at radius 3 is 2.21 bits per heavy atom. The predicted octanol–water partition coefficient (Wildman–Crippen LogP) is 3.51. The second-order valence-corrected chi connectivity index (χ2v) is 6.27. The summed E-state index contributed by atoms with van der Waals surface area (Å²) in [5, 5.41) is 0. The number of piperidine rings is 1. The van der Waals surface area contributed by atoms with Crippen molar-refractivity contribution < 1.29 is 0 Å². The second-order valence-electron chi connectivity index (χ2n) is 6.27. The van der Waals surface area contributed by atoms with Gasteiger partial charge in [0.1, 0.15) is 0 Å². The molecule has 2 nitrogen and oxygen atoms in total. The molecule has 1 unspecified atom stereocenters. The zero-order valence-electron chi connectivity index (χ0n) is 12.7. The highest BCUT2D eigenvalue weighted by Crippen LogP contribution is 2.31. The summed E-state index contributed by atoms with van der Waals surface area (Å²) in [7, 11) is 0. The van der Waals surface area contributed by atoms with Gasteiger partial charge in [-0.3, -0.25) is 4.90 Å². The van der Waals surface area contributed by atoms with Crippen molar-refractivity contribution in [1.82, 2.24) is 4.90 Å². The summed E-state index contributed by atoms with van der Waals surface area (Å²) < 4.78 is 0.